The summed E-state index contributed by atoms with van der Waals surface area (Å²) >= 11 is 0. The van der Waals surface area contributed by atoms with Crippen LogP contribution in [0.4, 0.5) is 0 Å². The van der Waals surface area contributed by atoms with Crippen LogP contribution in [-0.2, 0) is 38.4 Å². The van der Waals surface area contributed by atoms with E-state index < -0.39 is 0 Å². The minimum absolute atomic E-state index is 0. The van der Waals surface area contributed by atoms with Gasteiger partial charge in [-0.05, 0) is 57.8 Å². The van der Waals surface area contributed by atoms with E-state index in [-0.39, 0.29) is 50.5 Å². The number of aromatic hydroxyl groups is 2. The third-order valence-corrected chi connectivity index (χ3v) is 8.13. The molecule has 0 aromatic heterocycles. The third-order valence-electron chi connectivity index (χ3n) is 8.13. The Morgan fingerprint density at radius 2 is 0.878 bits per heavy atom. The van der Waals surface area contributed by atoms with Crippen LogP contribution in [-0.4, -0.2) is 34.7 Å². The summed E-state index contributed by atoms with van der Waals surface area (Å²) in [6, 6.07) is 8.53. The van der Waals surface area contributed by atoms with E-state index in [4.69, 9.17) is 9.98 Å². The average Bonchev–Trinajstić information content (AvgIpc) is 2.80. The maximum atomic E-state index is 11.2. The standard InChI is InChI=1S/C36H54N2O2.Co/c1-33(2,3)25-17-23(31(39)27(19-25)35(7,8)9)21-37-29-15-13-14-16-30(29)38-22-24-18-26(34(4,5)6)20-28(32(24)40)36(10,11)12;/h17-22,29-30,39-40H,13-16H2,1-12H3;/q;+3/t29-,30-;/m0./s1. The van der Waals surface area contributed by atoms with Crippen molar-refractivity contribution in [3.63, 3.8) is 0 Å². The summed E-state index contributed by atoms with van der Waals surface area (Å²) in [5, 5.41) is 22.5. The number of aliphatic imine (C=N–C) groups is 2. The predicted molar refractivity (Wildman–Crippen MR) is 172 cm³/mol. The Bertz CT molecular complexity index is 1170. The van der Waals surface area contributed by atoms with Crippen molar-refractivity contribution in [1.82, 2.24) is 0 Å². The van der Waals surface area contributed by atoms with E-state index in [1.807, 2.05) is 12.4 Å². The van der Waals surface area contributed by atoms with Gasteiger partial charge < -0.3 is 10.2 Å². The fourth-order valence-electron chi connectivity index (χ4n) is 5.31. The summed E-state index contributed by atoms with van der Waals surface area (Å²) in [7, 11) is 0. The van der Waals surface area contributed by atoms with Crippen molar-refractivity contribution in [3.8, 4) is 11.5 Å². The molecule has 2 atom stereocenters. The van der Waals surface area contributed by atoms with Crippen LogP contribution in [0, 0.1) is 0 Å². The second-order valence-electron chi connectivity index (χ2n) is 15.9. The molecule has 1 fully saturated rings. The van der Waals surface area contributed by atoms with E-state index in [1.165, 1.54) is 11.1 Å². The van der Waals surface area contributed by atoms with Gasteiger partial charge >= 0.3 is 16.8 Å². The zero-order valence-electron chi connectivity index (χ0n) is 27.6. The van der Waals surface area contributed by atoms with Gasteiger partial charge in [-0.2, -0.15) is 0 Å². The Balaban J connectivity index is 0.00000588. The normalized spacial score (nSPS) is 19.1. The molecular weight excluding hydrogens is 551 g/mol. The van der Waals surface area contributed by atoms with Gasteiger partial charge in [0.1, 0.15) is 11.5 Å². The van der Waals surface area contributed by atoms with Gasteiger partial charge in [0.25, 0.3) is 0 Å². The topological polar surface area (TPSA) is 65.2 Å². The van der Waals surface area contributed by atoms with Gasteiger partial charge in [-0.15, -0.1) is 0 Å². The maximum absolute atomic E-state index is 11.2. The van der Waals surface area contributed by atoms with Gasteiger partial charge in [-0.3, -0.25) is 9.98 Å². The molecule has 0 amide bonds. The molecule has 1 saturated carbocycles. The predicted octanol–water partition coefficient (Wildman–Crippen LogP) is 9.13. The molecule has 3 rings (SSSR count). The second-order valence-corrected chi connectivity index (χ2v) is 15.9. The van der Waals surface area contributed by atoms with Crippen molar-refractivity contribution in [2.75, 3.05) is 0 Å². The van der Waals surface area contributed by atoms with Crippen molar-refractivity contribution in [2.24, 2.45) is 9.98 Å². The van der Waals surface area contributed by atoms with Crippen molar-refractivity contribution in [3.05, 3.63) is 57.6 Å². The van der Waals surface area contributed by atoms with Crippen LogP contribution in [0.1, 0.15) is 142 Å². The van der Waals surface area contributed by atoms with Gasteiger partial charge in [0.05, 0.1) is 12.1 Å². The van der Waals surface area contributed by atoms with E-state index in [0.29, 0.717) is 11.5 Å². The van der Waals surface area contributed by atoms with Crippen LogP contribution >= 0.6 is 0 Å². The van der Waals surface area contributed by atoms with Gasteiger partial charge in [-0.25, -0.2) is 0 Å². The first-order valence-corrected chi connectivity index (χ1v) is 15.0. The molecule has 226 valence electrons. The number of rotatable bonds is 4. The molecular formula is C36H54CoN2O2+3. The quantitative estimate of drug-likeness (QED) is 0.342. The molecule has 0 saturated heterocycles. The fourth-order valence-corrected chi connectivity index (χ4v) is 5.31. The van der Waals surface area contributed by atoms with E-state index >= 15 is 0 Å². The van der Waals surface area contributed by atoms with E-state index in [1.54, 1.807) is 0 Å². The Morgan fingerprint density at radius 1 is 0.561 bits per heavy atom. The summed E-state index contributed by atoms with van der Waals surface area (Å²) in [4.78, 5) is 10.1. The number of hydrogen-bond donors (Lipinski definition) is 2. The first-order chi connectivity index (χ1) is 18.2. The summed E-state index contributed by atoms with van der Waals surface area (Å²) in [5.41, 5.74) is 5.39. The van der Waals surface area contributed by atoms with Crippen LogP contribution in [0.25, 0.3) is 0 Å². The molecule has 41 heavy (non-hydrogen) atoms. The van der Waals surface area contributed by atoms with Gasteiger partial charge in [-0.1, -0.05) is 108 Å². The molecule has 0 unspecified atom stereocenters. The summed E-state index contributed by atoms with van der Waals surface area (Å²) in [5.74, 6) is 0.637. The molecule has 0 aliphatic heterocycles. The minimum atomic E-state index is -0.179. The SMILES string of the molecule is CC(C)(C)c1cc(C=N[C@H]2CCCC[C@@H]2N=Cc2cc(C(C)(C)C)cc(C(C)(C)C)c2O)c(O)c(C(C)(C)C)c1.[Co+3]. The number of phenolic OH excluding ortho intramolecular Hbond substituents is 2. The van der Waals surface area contributed by atoms with Crippen molar-refractivity contribution >= 4 is 12.4 Å². The molecule has 5 heteroatoms. The number of phenols is 2. The molecule has 0 bridgehead atoms. The maximum Gasteiger partial charge on any atom is 3.00 e. The van der Waals surface area contributed by atoms with Crippen LogP contribution in [0.5, 0.6) is 11.5 Å². The monoisotopic (exact) mass is 605 g/mol. The van der Waals surface area contributed by atoms with Gasteiger partial charge in [0.2, 0.25) is 0 Å². The van der Waals surface area contributed by atoms with Crippen molar-refractivity contribution in [1.29, 1.82) is 0 Å². The summed E-state index contributed by atoms with van der Waals surface area (Å²) in [6.07, 6.45) is 7.90. The Kier molecular flexibility index (Phi) is 10.8. The van der Waals surface area contributed by atoms with Crippen LogP contribution in [0.3, 0.4) is 0 Å². The van der Waals surface area contributed by atoms with Crippen LogP contribution in [0.15, 0.2) is 34.3 Å². The summed E-state index contributed by atoms with van der Waals surface area (Å²) in [6.45, 7) is 26.0. The smallest absolute Gasteiger partial charge is 0.507 e. The van der Waals surface area contributed by atoms with E-state index in [2.05, 4.69) is 107 Å². The first kappa shape index (κ1) is 35.1. The third kappa shape index (κ3) is 8.70. The molecule has 1 aliphatic rings. The van der Waals surface area contributed by atoms with E-state index in [0.717, 1.165) is 47.9 Å². The molecule has 2 aromatic carbocycles. The largest absolute Gasteiger partial charge is 3.00 e. The van der Waals surface area contributed by atoms with Crippen molar-refractivity contribution in [2.45, 2.75) is 143 Å². The molecule has 0 heterocycles. The Labute approximate surface area is 260 Å². The molecule has 2 aromatic rings. The van der Waals surface area contributed by atoms with Crippen LogP contribution in [0.2, 0.25) is 0 Å². The molecule has 4 nitrogen and oxygen atoms in total. The zero-order valence-corrected chi connectivity index (χ0v) is 28.6. The van der Waals surface area contributed by atoms with Gasteiger partial charge in [0, 0.05) is 34.7 Å². The first-order valence-electron chi connectivity index (χ1n) is 15.0. The Hall–Kier alpha value is -2.11. The number of nitrogens with zero attached hydrogens (tertiary/aromatic N) is 2. The molecule has 0 radical (unpaired) electrons. The average molecular weight is 606 g/mol. The van der Waals surface area contributed by atoms with Crippen molar-refractivity contribution < 1.29 is 27.0 Å². The Morgan fingerprint density at radius 3 is 1.15 bits per heavy atom. The van der Waals surface area contributed by atoms with E-state index in [9.17, 15) is 10.2 Å². The second kappa shape index (κ2) is 12.6. The molecule has 0 spiro atoms. The summed E-state index contributed by atoms with van der Waals surface area (Å²) < 4.78 is 0. The zero-order chi connectivity index (χ0) is 30.3. The number of benzene rings is 2. The fraction of sp³-hybridized carbons (Fsp3) is 0.611. The van der Waals surface area contributed by atoms with Crippen LogP contribution < -0.4 is 0 Å². The molecule has 2 N–H and O–H groups in total. The minimum Gasteiger partial charge on any atom is -0.507 e. The number of hydrogen-bond acceptors (Lipinski definition) is 4. The van der Waals surface area contributed by atoms with Gasteiger partial charge in [0.15, 0.2) is 0 Å². The molecule has 1 aliphatic carbocycles.